The summed E-state index contributed by atoms with van der Waals surface area (Å²) in [6.45, 7) is 0.320. The van der Waals surface area contributed by atoms with Crippen molar-refractivity contribution in [1.29, 1.82) is 0 Å². The van der Waals surface area contributed by atoms with Crippen LogP contribution < -0.4 is 10.6 Å². The smallest absolute Gasteiger partial charge is 0.314 e. The maximum Gasteiger partial charge on any atom is 0.314 e. The van der Waals surface area contributed by atoms with E-state index in [0.717, 1.165) is 24.2 Å². The second-order valence-electron chi connectivity index (χ2n) is 5.51. The second-order valence-corrected chi connectivity index (χ2v) is 5.51. The van der Waals surface area contributed by atoms with Gasteiger partial charge >= 0.3 is 11.8 Å². The Morgan fingerprint density at radius 1 is 1.30 bits per heavy atom. The number of nitrogens with zero attached hydrogens (tertiary/aromatic N) is 4. The Kier molecular flexibility index (Phi) is 4.31. The molecule has 0 atom stereocenters. The summed E-state index contributed by atoms with van der Waals surface area (Å²) in [5.41, 5.74) is 1.84. The van der Waals surface area contributed by atoms with Crippen LogP contribution in [-0.2, 0) is 23.1 Å². The van der Waals surface area contributed by atoms with Gasteiger partial charge in [-0.25, -0.2) is 0 Å². The van der Waals surface area contributed by atoms with Crippen LogP contribution in [0.2, 0.25) is 0 Å². The average molecular weight is 314 g/mol. The molecular formula is C15H18N6O2. The molecule has 2 aromatic rings. The SMILES string of the molecule is Cn1nc(NC(=O)C(=O)NCCc2cnccn2)cc1C1CC1. The van der Waals surface area contributed by atoms with Gasteiger partial charge in [0.1, 0.15) is 0 Å². The zero-order chi connectivity index (χ0) is 16.2. The minimum absolute atomic E-state index is 0.320. The fourth-order valence-corrected chi connectivity index (χ4v) is 2.32. The van der Waals surface area contributed by atoms with Crippen LogP contribution in [0.15, 0.2) is 24.7 Å². The van der Waals surface area contributed by atoms with Crippen molar-refractivity contribution in [2.75, 3.05) is 11.9 Å². The molecule has 2 aromatic heterocycles. The Bertz CT molecular complexity index is 708. The third-order valence-corrected chi connectivity index (χ3v) is 3.64. The highest BCUT2D eigenvalue weighted by Crippen LogP contribution is 2.40. The van der Waals surface area contributed by atoms with Gasteiger partial charge in [-0.15, -0.1) is 0 Å². The zero-order valence-electron chi connectivity index (χ0n) is 12.8. The summed E-state index contributed by atoms with van der Waals surface area (Å²) in [7, 11) is 1.84. The topological polar surface area (TPSA) is 102 Å². The van der Waals surface area contributed by atoms with Crippen molar-refractivity contribution in [3.05, 3.63) is 36.0 Å². The number of carbonyl (C=O) groups is 2. The van der Waals surface area contributed by atoms with E-state index in [0.29, 0.717) is 24.7 Å². The monoisotopic (exact) mass is 314 g/mol. The molecule has 0 aliphatic heterocycles. The number of anilines is 1. The molecule has 2 N–H and O–H groups in total. The number of aryl methyl sites for hydroxylation is 1. The largest absolute Gasteiger partial charge is 0.347 e. The molecule has 8 nitrogen and oxygen atoms in total. The van der Waals surface area contributed by atoms with Crippen molar-refractivity contribution in [1.82, 2.24) is 25.1 Å². The van der Waals surface area contributed by atoms with E-state index in [1.165, 1.54) is 0 Å². The zero-order valence-corrected chi connectivity index (χ0v) is 12.8. The highest BCUT2D eigenvalue weighted by atomic mass is 16.2. The maximum atomic E-state index is 11.9. The first-order valence-corrected chi connectivity index (χ1v) is 7.51. The molecule has 2 heterocycles. The van der Waals surface area contributed by atoms with Gasteiger partial charge in [-0.2, -0.15) is 5.10 Å². The third kappa shape index (κ3) is 3.91. The molecule has 0 bridgehead atoms. The van der Waals surface area contributed by atoms with E-state index in [4.69, 9.17) is 0 Å². The summed E-state index contributed by atoms with van der Waals surface area (Å²) in [6.07, 6.45) is 7.61. The first-order chi connectivity index (χ1) is 11.1. The number of hydrogen-bond donors (Lipinski definition) is 2. The van der Waals surface area contributed by atoms with Crippen molar-refractivity contribution in [2.24, 2.45) is 7.05 Å². The molecule has 23 heavy (non-hydrogen) atoms. The summed E-state index contributed by atoms with van der Waals surface area (Å²) >= 11 is 0. The van der Waals surface area contributed by atoms with Crippen molar-refractivity contribution in [2.45, 2.75) is 25.2 Å². The van der Waals surface area contributed by atoms with E-state index in [9.17, 15) is 9.59 Å². The maximum absolute atomic E-state index is 11.9. The van der Waals surface area contributed by atoms with Gasteiger partial charge in [-0.05, 0) is 12.8 Å². The minimum Gasteiger partial charge on any atom is -0.347 e. The van der Waals surface area contributed by atoms with Crippen LogP contribution in [0.5, 0.6) is 0 Å². The Morgan fingerprint density at radius 2 is 2.13 bits per heavy atom. The number of amides is 2. The highest BCUT2D eigenvalue weighted by Gasteiger charge is 2.27. The van der Waals surface area contributed by atoms with Crippen molar-refractivity contribution in [3.8, 4) is 0 Å². The van der Waals surface area contributed by atoms with Crippen LogP contribution in [0.3, 0.4) is 0 Å². The van der Waals surface area contributed by atoms with Gasteiger partial charge in [0, 0.05) is 56.3 Å². The van der Waals surface area contributed by atoms with E-state index >= 15 is 0 Å². The summed E-state index contributed by atoms with van der Waals surface area (Å²) in [4.78, 5) is 31.7. The molecule has 1 saturated carbocycles. The Balaban J connectivity index is 1.47. The van der Waals surface area contributed by atoms with Gasteiger partial charge in [-0.3, -0.25) is 24.2 Å². The molecule has 0 spiro atoms. The molecule has 0 unspecified atom stereocenters. The van der Waals surface area contributed by atoms with Crippen molar-refractivity contribution in [3.63, 3.8) is 0 Å². The molecule has 1 aliphatic carbocycles. The lowest BCUT2D eigenvalue weighted by Crippen LogP contribution is -2.36. The predicted octanol–water partition coefficient (Wildman–Crippen LogP) is 0.385. The summed E-state index contributed by atoms with van der Waals surface area (Å²) in [5, 5.41) is 9.29. The van der Waals surface area contributed by atoms with E-state index in [2.05, 4.69) is 25.7 Å². The fraction of sp³-hybridized carbons (Fsp3) is 0.400. The lowest BCUT2D eigenvalue weighted by Gasteiger charge is -2.04. The van der Waals surface area contributed by atoms with E-state index < -0.39 is 11.8 Å². The summed E-state index contributed by atoms with van der Waals surface area (Å²) in [6, 6.07) is 1.82. The van der Waals surface area contributed by atoms with Crippen LogP contribution in [0.25, 0.3) is 0 Å². The molecule has 1 fully saturated rings. The standard InChI is InChI=1S/C15H18N6O2/c1-21-12(10-2-3-10)8-13(20-21)19-15(23)14(22)18-5-4-11-9-16-6-7-17-11/h6-10H,2-5H2,1H3,(H,18,22)(H,19,20,23). The first-order valence-electron chi connectivity index (χ1n) is 7.51. The molecule has 0 saturated heterocycles. The average Bonchev–Trinajstić information content (AvgIpc) is 3.32. The lowest BCUT2D eigenvalue weighted by atomic mass is 10.3. The Hall–Kier alpha value is -2.77. The van der Waals surface area contributed by atoms with Gasteiger partial charge in [0.15, 0.2) is 5.82 Å². The normalized spacial score (nSPS) is 13.6. The van der Waals surface area contributed by atoms with E-state index in [1.807, 2.05) is 13.1 Å². The third-order valence-electron chi connectivity index (χ3n) is 3.64. The second kappa shape index (κ2) is 6.55. The molecule has 3 rings (SSSR count). The lowest BCUT2D eigenvalue weighted by molar-refractivity contribution is -0.136. The Morgan fingerprint density at radius 3 is 2.83 bits per heavy atom. The molecule has 120 valence electrons. The van der Waals surface area contributed by atoms with Crippen LogP contribution in [0.4, 0.5) is 5.82 Å². The summed E-state index contributed by atoms with van der Waals surface area (Å²) in [5.74, 6) is -0.473. The van der Waals surface area contributed by atoms with Crippen molar-refractivity contribution < 1.29 is 9.59 Å². The Labute approximate surface area is 133 Å². The highest BCUT2D eigenvalue weighted by molar-refractivity contribution is 6.39. The first kappa shape index (κ1) is 15.1. The number of nitrogens with one attached hydrogen (secondary N) is 2. The molecule has 2 amide bonds. The molecule has 8 heteroatoms. The number of carbonyl (C=O) groups excluding carboxylic acids is 2. The van der Waals surface area contributed by atoms with Gasteiger partial charge in [-0.1, -0.05) is 0 Å². The van der Waals surface area contributed by atoms with E-state index in [1.54, 1.807) is 23.3 Å². The van der Waals surface area contributed by atoms with Crippen LogP contribution in [0, 0.1) is 0 Å². The van der Waals surface area contributed by atoms with Crippen molar-refractivity contribution >= 4 is 17.6 Å². The van der Waals surface area contributed by atoms with E-state index in [-0.39, 0.29) is 0 Å². The molecule has 0 aromatic carbocycles. The molecule has 1 aliphatic rings. The van der Waals surface area contributed by atoms with Gasteiger partial charge in [0.2, 0.25) is 0 Å². The van der Waals surface area contributed by atoms with Crippen LogP contribution in [0.1, 0.15) is 30.1 Å². The quantitative estimate of drug-likeness (QED) is 0.777. The molecular weight excluding hydrogens is 296 g/mol. The van der Waals surface area contributed by atoms with Gasteiger partial charge in [0.25, 0.3) is 0 Å². The minimum atomic E-state index is -0.718. The number of aromatic nitrogens is 4. The predicted molar refractivity (Wildman–Crippen MR) is 82.6 cm³/mol. The molecule has 0 radical (unpaired) electrons. The van der Waals surface area contributed by atoms with Crippen LogP contribution >= 0.6 is 0 Å². The van der Waals surface area contributed by atoms with Crippen LogP contribution in [-0.4, -0.2) is 38.1 Å². The van der Waals surface area contributed by atoms with Gasteiger partial charge < -0.3 is 10.6 Å². The van der Waals surface area contributed by atoms with Gasteiger partial charge in [0.05, 0.1) is 5.69 Å². The fourth-order valence-electron chi connectivity index (χ4n) is 2.32. The number of hydrogen-bond acceptors (Lipinski definition) is 5. The number of rotatable bonds is 5. The summed E-state index contributed by atoms with van der Waals surface area (Å²) < 4.78 is 1.75.